The number of carbonyl (C=O) groups is 1. The van der Waals surface area contributed by atoms with E-state index in [9.17, 15) is 9.90 Å². The summed E-state index contributed by atoms with van der Waals surface area (Å²) in [5, 5.41) is 9.31. The van der Waals surface area contributed by atoms with Gasteiger partial charge in [-0.1, -0.05) is 54.2 Å². The van der Waals surface area contributed by atoms with Crippen LogP contribution in [0, 0.1) is 0 Å². The van der Waals surface area contributed by atoms with Crippen molar-refractivity contribution in [3.8, 4) is 0 Å². The van der Waals surface area contributed by atoms with E-state index in [0.29, 0.717) is 5.71 Å². The topological polar surface area (TPSA) is 49.7 Å². The number of benzene rings is 2. The summed E-state index contributed by atoms with van der Waals surface area (Å²) in [5.41, 5.74) is 2.37. The van der Waals surface area contributed by atoms with Gasteiger partial charge in [0, 0.05) is 10.5 Å². The maximum atomic E-state index is 11.3. The van der Waals surface area contributed by atoms with Gasteiger partial charge in [-0.25, -0.2) is 9.79 Å². The van der Waals surface area contributed by atoms with Crippen molar-refractivity contribution in [2.24, 2.45) is 4.99 Å². The predicted octanol–water partition coefficient (Wildman–Crippen LogP) is 0.998. The van der Waals surface area contributed by atoms with Crippen molar-refractivity contribution < 1.29 is 40.9 Å². The van der Waals surface area contributed by atoms with Crippen molar-refractivity contribution in [2.75, 3.05) is 0 Å². The molecule has 0 spiro atoms. The summed E-state index contributed by atoms with van der Waals surface area (Å²) in [4.78, 5) is 17.1. The number of aliphatic carboxylic acids is 1. The van der Waals surface area contributed by atoms with Crippen LogP contribution in [0.2, 0.25) is 0 Å². The van der Waals surface area contributed by atoms with Gasteiger partial charge in [0.1, 0.15) is 0 Å². The number of allylic oxidation sites excluding steroid dienone is 1. The molecule has 3 rings (SSSR count). The molecule has 0 amide bonds. The van der Waals surface area contributed by atoms with Crippen molar-refractivity contribution in [2.45, 2.75) is 4.90 Å². The van der Waals surface area contributed by atoms with Crippen LogP contribution in [0.1, 0.15) is 6.99 Å². The van der Waals surface area contributed by atoms with Gasteiger partial charge in [-0.05, 0) is 18.2 Å². The van der Waals surface area contributed by atoms with Gasteiger partial charge in [-0.15, -0.1) is 0 Å². The molecule has 1 heterocycles. The third-order valence-electron chi connectivity index (χ3n) is 2.87. The molecule has 0 saturated carbocycles. The zero-order chi connectivity index (χ0) is 13.9. The minimum absolute atomic E-state index is 0. The van der Waals surface area contributed by atoms with E-state index in [-0.39, 0.29) is 35.9 Å². The molecule has 0 aliphatic carbocycles. The monoisotopic (exact) mass is 305 g/mol. The van der Waals surface area contributed by atoms with Crippen LogP contribution in [-0.2, 0) is 4.79 Å². The summed E-state index contributed by atoms with van der Waals surface area (Å²) in [5.74, 6) is -0.935. The molecule has 0 fully saturated rings. The fourth-order valence-electron chi connectivity index (χ4n) is 1.93. The zero-order valence-corrected chi connectivity index (χ0v) is 14.3. The summed E-state index contributed by atoms with van der Waals surface area (Å²) in [6.07, 6.45) is 1.63. The number of carboxylic acids is 1. The quantitative estimate of drug-likeness (QED) is 0.842. The van der Waals surface area contributed by atoms with Crippen LogP contribution in [0.15, 0.2) is 75.5 Å². The van der Waals surface area contributed by atoms with Gasteiger partial charge >= 0.3 is 35.5 Å². The molecular formula is C16H12NNaO2S. The van der Waals surface area contributed by atoms with E-state index in [1.54, 1.807) is 6.08 Å². The Morgan fingerprint density at radius 2 is 1.71 bits per heavy atom. The Hall–Kier alpha value is -1.33. The van der Waals surface area contributed by atoms with E-state index in [1.807, 2.05) is 54.6 Å². The molecular weight excluding hydrogens is 293 g/mol. The summed E-state index contributed by atoms with van der Waals surface area (Å²) in [6, 6.07) is 17.2. The van der Waals surface area contributed by atoms with Crippen LogP contribution < -0.4 is 29.6 Å². The smallest absolute Gasteiger partial charge is 1.00 e. The molecule has 2 aromatic carbocycles. The first kappa shape index (κ1) is 16.0. The number of fused-ring (bicyclic) bond motifs is 1. The Labute approximate surface area is 150 Å². The van der Waals surface area contributed by atoms with E-state index in [1.165, 1.54) is 11.8 Å². The normalized spacial score (nSPS) is 13.1. The summed E-state index contributed by atoms with van der Waals surface area (Å²) in [6.45, 7) is 0. The fraction of sp³-hybridized carbons (Fsp3) is 0. The Bertz CT molecular complexity index is 732. The van der Waals surface area contributed by atoms with Crippen LogP contribution >= 0.6 is 11.8 Å². The fourth-order valence-corrected chi connectivity index (χ4v) is 2.79. The molecule has 0 bridgehead atoms. The second-order valence-corrected chi connectivity index (χ2v) is 5.33. The average molecular weight is 305 g/mol. The molecule has 0 aromatic heterocycles. The molecule has 5 heteroatoms. The molecule has 0 atom stereocenters. The number of hydrogen-bond donors (Lipinski definition) is 1. The standard InChI is InChI=1S/C16H11NO2S.Na.H/c18-16(19)15-10-13(11-6-2-1-3-7-11)17-12-8-4-5-9-14(12)20-15;;/h1-10H,(H,18,19);;/q;+1;-1. The Balaban J connectivity index is 0.00000121. The SMILES string of the molecule is O=C(O)C1=CC(c2ccccc2)=Nc2ccccc2S1.[H-].[Na+]. The van der Waals surface area contributed by atoms with Crippen molar-refractivity contribution in [3.05, 3.63) is 71.1 Å². The number of aliphatic imine (C=N–C) groups is 1. The van der Waals surface area contributed by atoms with E-state index in [0.717, 1.165) is 16.1 Å². The van der Waals surface area contributed by atoms with Crippen LogP contribution in [-0.4, -0.2) is 16.8 Å². The minimum Gasteiger partial charge on any atom is -1.00 e. The molecule has 100 valence electrons. The van der Waals surface area contributed by atoms with Crippen molar-refractivity contribution in [3.63, 3.8) is 0 Å². The summed E-state index contributed by atoms with van der Waals surface area (Å²) >= 11 is 1.23. The average Bonchev–Trinajstić information content (AvgIpc) is 2.67. The molecule has 3 nitrogen and oxygen atoms in total. The van der Waals surface area contributed by atoms with Crippen molar-refractivity contribution in [1.82, 2.24) is 0 Å². The third-order valence-corrected chi connectivity index (χ3v) is 3.95. The molecule has 0 radical (unpaired) electrons. The van der Waals surface area contributed by atoms with Crippen LogP contribution in [0.25, 0.3) is 0 Å². The van der Waals surface area contributed by atoms with Crippen molar-refractivity contribution >= 4 is 29.1 Å². The molecule has 2 aromatic rings. The largest absolute Gasteiger partial charge is 1.00 e. The van der Waals surface area contributed by atoms with E-state index < -0.39 is 5.97 Å². The number of nitrogens with zero attached hydrogens (tertiary/aromatic N) is 1. The second-order valence-electron chi connectivity index (χ2n) is 4.25. The van der Waals surface area contributed by atoms with Gasteiger partial charge in [0.25, 0.3) is 0 Å². The molecule has 1 N–H and O–H groups in total. The maximum Gasteiger partial charge on any atom is 1.00 e. The van der Waals surface area contributed by atoms with Crippen LogP contribution in [0.4, 0.5) is 5.69 Å². The Morgan fingerprint density at radius 3 is 2.43 bits per heavy atom. The molecule has 1 aliphatic rings. The Morgan fingerprint density at radius 1 is 1.05 bits per heavy atom. The number of hydrogen-bond acceptors (Lipinski definition) is 3. The Kier molecular flexibility index (Phi) is 5.42. The molecule has 1 aliphatic heterocycles. The van der Waals surface area contributed by atoms with Crippen molar-refractivity contribution in [1.29, 1.82) is 0 Å². The number of para-hydroxylation sites is 1. The van der Waals surface area contributed by atoms with Gasteiger partial charge < -0.3 is 6.53 Å². The van der Waals surface area contributed by atoms with Gasteiger partial charge in [-0.3, -0.25) is 0 Å². The number of thioether (sulfide) groups is 1. The summed E-state index contributed by atoms with van der Waals surface area (Å²) < 4.78 is 0. The van der Waals surface area contributed by atoms with E-state index >= 15 is 0 Å². The number of rotatable bonds is 2. The van der Waals surface area contributed by atoms with Crippen LogP contribution in [0.5, 0.6) is 0 Å². The molecule has 0 saturated heterocycles. The van der Waals surface area contributed by atoms with Crippen LogP contribution in [0.3, 0.4) is 0 Å². The summed E-state index contributed by atoms with van der Waals surface area (Å²) in [7, 11) is 0. The van der Waals surface area contributed by atoms with Gasteiger partial charge in [0.15, 0.2) is 0 Å². The first-order chi connectivity index (χ1) is 9.74. The zero-order valence-electron chi connectivity index (χ0n) is 12.5. The second kappa shape index (κ2) is 7.09. The number of carboxylic acid groups (broad SMARTS) is 1. The third kappa shape index (κ3) is 3.66. The van der Waals surface area contributed by atoms with E-state index in [2.05, 4.69) is 4.99 Å². The van der Waals surface area contributed by atoms with Gasteiger partial charge in [0.2, 0.25) is 0 Å². The van der Waals surface area contributed by atoms with Gasteiger partial charge in [0.05, 0.1) is 16.3 Å². The first-order valence-corrected chi connectivity index (χ1v) is 6.92. The maximum absolute atomic E-state index is 11.3. The predicted molar refractivity (Wildman–Crippen MR) is 81.8 cm³/mol. The van der Waals surface area contributed by atoms with Gasteiger partial charge in [-0.2, -0.15) is 0 Å². The van der Waals surface area contributed by atoms with E-state index in [4.69, 9.17) is 0 Å². The molecule has 21 heavy (non-hydrogen) atoms. The minimum atomic E-state index is -0.935. The molecule has 0 unspecified atom stereocenters. The first-order valence-electron chi connectivity index (χ1n) is 6.10.